The lowest BCUT2D eigenvalue weighted by Gasteiger charge is -2.30. The van der Waals surface area contributed by atoms with E-state index in [1.165, 1.54) is 0 Å². The Bertz CT molecular complexity index is 1160. The van der Waals surface area contributed by atoms with E-state index in [-0.39, 0.29) is 11.9 Å². The van der Waals surface area contributed by atoms with Crippen LogP contribution in [0, 0.1) is 0 Å². The Morgan fingerprint density at radius 3 is 2.64 bits per heavy atom. The maximum atomic E-state index is 13.5. The Labute approximate surface area is 193 Å². The molecule has 1 amide bonds. The van der Waals surface area contributed by atoms with Crippen LogP contribution in [0.3, 0.4) is 0 Å². The van der Waals surface area contributed by atoms with Gasteiger partial charge in [0.1, 0.15) is 17.3 Å². The van der Waals surface area contributed by atoms with E-state index in [2.05, 4.69) is 4.90 Å². The van der Waals surface area contributed by atoms with Gasteiger partial charge >= 0.3 is 0 Å². The average Bonchev–Trinajstić information content (AvgIpc) is 3.37. The van der Waals surface area contributed by atoms with Crippen LogP contribution in [0.25, 0.3) is 10.9 Å². The van der Waals surface area contributed by atoms with Crippen LogP contribution < -0.4 is 14.4 Å². The third-order valence-corrected chi connectivity index (χ3v) is 6.57. The summed E-state index contributed by atoms with van der Waals surface area (Å²) in [7, 11) is 3.37. The Balaban J connectivity index is 1.58. The van der Waals surface area contributed by atoms with E-state index in [0.29, 0.717) is 31.9 Å². The standard InChI is InChI=1S/C26H29N3O4/c1-31-18-9-10-24(32-2)21(16-18)23-8-5-11-29(23)25-17-20(19-6-3-4-7-22(19)27-25)26(30)28-12-14-33-15-13-28/h3-4,6-7,9-10,16-17,23H,5,8,11-15H2,1-2H3. The van der Waals surface area contributed by atoms with Gasteiger partial charge < -0.3 is 24.0 Å². The predicted octanol–water partition coefficient (Wildman–Crippen LogP) is 4.07. The highest BCUT2D eigenvalue weighted by Crippen LogP contribution is 2.41. The van der Waals surface area contributed by atoms with Gasteiger partial charge in [0.25, 0.3) is 5.91 Å². The number of carbonyl (C=O) groups excluding carboxylic acids is 1. The molecule has 7 heteroatoms. The van der Waals surface area contributed by atoms with Crippen LogP contribution in [0.4, 0.5) is 5.82 Å². The normalized spacial score (nSPS) is 18.5. The van der Waals surface area contributed by atoms with Crippen molar-refractivity contribution in [2.75, 3.05) is 52.0 Å². The molecule has 0 radical (unpaired) electrons. The molecule has 1 unspecified atom stereocenters. The molecule has 2 aliphatic rings. The van der Waals surface area contributed by atoms with Crippen molar-refractivity contribution in [1.82, 2.24) is 9.88 Å². The van der Waals surface area contributed by atoms with Crippen LogP contribution in [0.15, 0.2) is 48.5 Å². The van der Waals surface area contributed by atoms with Gasteiger partial charge in [-0.05, 0) is 43.2 Å². The highest BCUT2D eigenvalue weighted by Gasteiger charge is 2.31. The highest BCUT2D eigenvalue weighted by molar-refractivity contribution is 6.07. The molecular formula is C26H29N3O4. The summed E-state index contributed by atoms with van der Waals surface area (Å²) >= 11 is 0. The zero-order chi connectivity index (χ0) is 22.8. The first-order chi connectivity index (χ1) is 16.2. The fourth-order valence-electron chi connectivity index (χ4n) is 4.89. The molecule has 3 aromatic rings. The molecular weight excluding hydrogens is 418 g/mol. The largest absolute Gasteiger partial charge is 0.497 e. The maximum Gasteiger partial charge on any atom is 0.254 e. The number of hydrogen-bond acceptors (Lipinski definition) is 6. The molecule has 7 nitrogen and oxygen atoms in total. The Morgan fingerprint density at radius 2 is 1.85 bits per heavy atom. The first-order valence-corrected chi connectivity index (χ1v) is 11.4. The smallest absolute Gasteiger partial charge is 0.254 e. The van der Waals surface area contributed by atoms with E-state index >= 15 is 0 Å². The molecule has 1 atom stereocenters. The molecule has 172 valence electrons. The summed E-state index contributed by atoms with van der Waals surface area (Å²) < 4.78 is 16.6. The SMILES string of the molecule is COc1ccc(OC)c(C2CCCN2c2cc(C(=O)N3CCOCC3)c3ccccc3n2)c1. The number of fused-ring (bicyclic) bond motifs is 1. The molecule has 2 aromatic carbocycles. The highest BCUT2D eigenvalue weighted by atomic mass is 16.5. The van der Waals surface area contributed by atoms with Gasteiger partial charge in [-0.3, -0.25) is 4.79 Å². The lowest BCUT2D eigenvalue weighted by Crippen LogP contribution is -2.40. The van der Waals surface area contributed by atoms with Gasteiger partial charge in [0, 0.05) is 30.6 Å². The number of morpholine rings is 1. The fraction of sp³-hybridized carbons (Fsp3) is 0.385. The number of aromatic nitrogens is 1. The molecule has 0 spiro atoms. The number of methoxy groups -OCH3 is 2. The molecule has 2 aliphatic heterocycles. The lowest BCUT2D eigenvalue weighted by molar-refractivity contribution is 0.0304. The lowest BCUT2D eigenvalue weighted by atomic mass is 10.0. The van der Waals surface area contributed by atoms with E-state index in [9.17, 15) is 4.79 Å². The molecule has 0 N–H and O–H groups in total. The van der Waals surface area contributed by atoms with Crippen LogP contribution in [0.5, 0.6) is 11.5 Å². The Hall–Kier alpha value is -3.32. The number of pyridine rings is 1. The minimum atomic E-state index is 0.0351. The number of para-hydroxylation sites is 1. The summed E-state index contributed by atoms with van der Waals surface area (Å²) in [6.07, 6.45) is 2.01. The molecule has 0 saturated carbocycles. The Morgan fingerprint density at radius 1 is 1.03 bits per heavy atom. The topological polar surface area (TPSA) is 64.1 Å². The van der Waals surface area contributed by atoms with Crippen LogP contribution >= 0.6 is 0 Å². The monoisotopic (exact) mass is 447 g/mol. The van der Waals surface area contributed by atoms with Crippen LogP contribution in [-0.4, -0.2) is 62.9 Å². The number of nitrogens with zero attached hydrogens (tertiary/aromatic N) is 3. The number of anilines is 1. The van der Waals surface area contributed by atoms with Crippen LogP contribution in [-0.2, 0) is 4.74 Å². The van der Waals surface area contributed by atoms with Crippen LogP contribution in [0.2, 0.25) is 0 Å². The zero-order valence-corrected chi connectivity index (χ0v) is 19.1. The van der Waals surface area contributed by atoms with Gasteiger partial charge in [-0.1, -0.05) is 18.2 Å². The summed E-state index contributed by atoms with van der Waals surface area (Å²) in [6.45, 7) is 3.23. The van der Waals surface area contributed by atoms with Crippen molar-refractivity contribution in [3.8, 4) is 11.5 Å². The number of benzene rings is 2. The van der Waals surface area contributed by atoms with Gasteiger partial charge in [-0.15, -0.1) is 0 Å². The molecule has 2 fully saturated rings. The number of rotatable bonds is 5. The van der Waals surface area contributed by atoms with E-state index in [4.69, 9.17) is 19.2 Å². The quantitative estimate of drug-likeness (QED) is 0.588. The van der Waals surface area contributed by atoms with Crippen molar-refractivity contribution in [2.24, 2.45) is 0 Å². The summed E-state index contributed by atoms with van der Waals surface area (Å²) in [6, 6.07) is 15.8. The molecule has 0 bridgehead atoms. The van der Waals surface area contributed by atoms with Crippen molar-refractivity contribution < 1.29 is 19.0 Å². The van der Waals surface area contributed by atoms with Crippen molar-refractivity contribution >= 4 is 22.6 Å². The summed E-state index contributed by atoms with van der Waals surface area (Å²) in [4.78, 5) is 22.6. The molecule has 2 saturated heterocycles. The number of carbonyl (C=O) groups is 1. The minimum absolute atomic E-state index is 0.0351. The van der Waals surface area contributed by atoms with Gasteiger partial charge in [-0.25, -0.2) is 4.98 Å². The van der Waals surface area contributed by atoms with Crippen molar-refractivity contribution in [1.29, 1.82) is 0 Å². The zero-order valence-electron chi connectivity index (χ0n) is 19.1. The Kier molecular flexibility index (Phi) is 6.05. The third-order valence-electron chi connectivity index (χ3n) is 6.57. The van der Waals surface area contributed by atoms with Crippen LogP contribution in [0.1, 0.15) is 34.8 Å². The van der Waals surface area contributed by atoms with Crippen molar-refractivity contribution in [3.05, 3.63) is 59.7 Å². The van der Waals surface area contributed by atoms with E-state index in [1.54, 1.807) is 14.2 Å². The first kappa shape index (κ1) is 21.5. The maximum absolute atomic E-state index is 13.5. The molecule has 0 aliphatic carbocycles. The van der Waals surface area contributed by atoms with Gasteiger partial charge in [0.2, 0.25) is 0 Å². The second-order valence-corrected chi connectivity index (χ2v) is 8.41. The number of hydrogen-bond donors (Lipinski definition) is 0. The summed E-state index contributed by atoms with van der Waals surface area (Å²) in [5.74, 6) is 2.48. The van der Waals surface area contributed by atoms with Gasteiger partial charge in [0.15, 0.2) is 0 Å². The minimum Gasteiger partial charge on any atom is -0.497 e. The first-order valence-electron chi connectivity index (χ1n) is 11.4. The molecule has 3 heterocycles. The average molecular weight is 448 g/mol. The second-order valence-electron chi connectivity index (χ2n) is 8.41. The summed E-state index contributed by atoms with van der Waals surface area (Å²) in [5, 5.41) is 0.882. The van der Waals surface area contributed by atoms with Crippen molar-refractivity contribution in [2.45, 2.75) is 18.9 Å². The molecule has 1 aromatic heterocycles. The van der Waals surface area contributed by atoms with E-state index < -0.39 is 0 Å². The molecule has 33 heavy (non-hydrogen) atoms. The fourth-order valence-corrected chi connectivity index (χ4v) is 4.89. The van der Waals surface area contributed by atoms with E-state index in [1.807, 2.05) is 53.4 Å². The number of amides is 1. The second kappa shape index (κ2) is 9.27. The summed E-state index contributed by atoms with van der Waals surface area (Å²) in [5.41, 5.74) is 2.60. The number of ether oxygens (including phenoxy) is 3. The van der Waals surface area contributed by atoms with E-state index in [0.717, 1.165) is 53.2 Å². The van der Waals surface area contributed by atoms with Crippen molar-refractivity contribution in [3.63, 3.8) is 0 Å². The molecule has 5 rings (SSSR count). The van der Waals surface area contributed by atoms with Gasteiger partial charge in [-0.2, -0.15) is 0 Å². The predicted molar refractivity (Wildman–Crippen MR) is 127 cm³/mol. The van der Waals surface area contributed by atoms with Gasteiger partial charge in [0.05, 0.1) is 44.6 Å². The third kappa shape index (κ3) is 4.09.